The van der Waals surface area contributed by atoms with Crippen molar-refractivity contribution in [2.75, 3.05) is 17.7 Å². The third-order valence-corrected chi connectivity index (χ3v) is 8.26. The summed E-state index contributed by atoms with van der Waals surface area (Å²) in [5, 5.41) is 44.0. The van der Waals surface area contributed by atoms with Gasteiger partial charge in [-0.3, -0.25) is 0 Å². The van der Waals surface area contributed by atoms with Crippen molar-refractivity contribution in [1.29, 1.82) is 0 Å². The first-order chi connectivity index (χ1) is 16.4. The zero-order chi connectivity index (χ0) is 24.0. The van der Waals surface area contributed by atoms with E-state index < -0.39 is 24.2 Å². The highest BCUT2D eigenvalue weighted by Gasteiger charge is 2.44. The summed E-state index contributed by atoms with van der Waals surface area (Å²) in [7, 11) is 0. The number of aromatic nitrogens is 5. The molecule has 6 atom stereocenters. The van der Waals surface area contributed by atoms with Gasteiger partial charge in [-0.25, -0.2) is 14.6 Å². The Morgan fingerprint density at radius 1 is 1.21 bits per heavy atom. The molecular weight excluding hydrogens is 476 g/mol. The Labute approximate surface area is 206 Å². The van der Waals surface area contributed by atoms with Crippen LogP contribution in [0, 0.1) is 12.8 Å². The largest absolute Gasteiger partial charge is 0.396 e. The van der Waals surface area contributed by atoms with Gasteiger partial charge in [0.1, 0.15) is 6.10 Å². The molecule has 0 saturated heterocycles. The van der Waals surface area contributed by atoms with Gasteiger partial charge in [0.25, 0.3) is 0 Å². The molecule has 9 nitrogen and oxygen atoms in total. The summed E-state index contributed by atoms with van der Waals surface area (Å²) >= 11 is 7.89. The topological polar surface area (TPSA) is 129 Å². The van der Waals surface area contributed by atoms with Gasteiger partial charge in [0.05, 0.1) is 12.1 Å². The minimum Gasteiger partial charge on any atom is -0.396 e. The van der Waals surface area contributed by atoms with Crippen LogP contribution in [-0.2, 0) is 0 Å². The Hall–Kier alpha value is -1.98. The van der Waals surface area contributed by atoms with E-state index >= 15 is 0 Å². The van der Waals surface area contributed by atoms with Gasteiger partial charge < -0.3 is 20.6 Å². The van der Waals surface area contributed by atoms with Gasteiger partial charge in [-0.15, -0.1) is 5.10 Å². The fourth-order valence-electron chi connectivity index (χ4n) is 4.65. The van der Waals surface area contributed by atoms with Crippen LogP contribution in [0.25, 0.3) is 11.2 Å². The lowest BCUT2D eigenvalue weighted by atomic mass is 10.1. The van der Waals surface area contributed by atoms with Crippen molar-refractivity contribution >= 4 is 40.3 Å². The number of benzene rings is 1. The number of aliphatic hydroxyl groups excluding tert-OH is 3. The number of aliphatic hydroxyl groups is 3. The van der Waals surface area contributed by atoms with Crippen molar-refractivity contribution in [3.63, 3.8) is 0 Å². The number of hydrogen-bond donors (Lipinski definition) is 4. The molecule has 6 unspecified atom stereocenters. The fourth-order valence-corrected chi connectivity index (χ4v) is 5.54. The van der Waals surface area contributed by atoms with Crippen LogP contribution in [0.1, 0.15) is 49.3 Å². The highest BCUT2D eigenvalue weighted by Crippen LogP contribution is 2.44. The lowest BCUT2D eigenvalue weighted by Crippen LogP contribution is -2.30. The minimum absolute atomic E-state index is 0.198. The first kappa shape index (κ1) is 23.7. The normalized spacial score (nSPS) is 28.5. The third kappa shape index (κ3) is 4.37. The predicted octanol–water partition coefficient (Wildman–Crippen LogP) is 2.93. The first-order valence-corrected chi connectivity index (χ1v) is 13.0. The van der Waals surface area contributed by atoms with Crippen molar-refractivity contribution in [2.45, 2.75) is 68.5 Å². The van der Waals surface area contributed by atoms with Gasteiger partial charge in [0.2, 0.25) is 0 Å². The van der Waals surface area contributed by atoms with Gasteiger partial charge in [-0.2, -0.15) is 0 Å². The van der Waals surface area contributed by atoms with E-state index in [1.54, 1.807) is 16.4 Å². The number of aryl methyl sites for hydroxylation is 1. The molecule has 182 valence electrons. The predicted molar refractivity (Wildman–Crippen MR) is 131 cm³/mol. The number of nitrogens with one attached hydrogen (secondary N) is 1. The molecule has 1 aromatic carbocycles. The lowest BCUT2D eigenvalue weighted by Gasteiger charge is -2.17. The summed E-state index contributed by atoms with van der Waals surface area (Å²) in [4.78, 5) is 9.42. The highest BCUT2D eigenvalue weighted by atomic mass is 35.5. The van der Waals surface area contributed by atoms with E-state index in [9.17, 15) is 15.3 Å². The summed E-state index contributed by atoms with van der Waals surface area (Å²) in [6.45, 7) is 3.89. The second kappa shape index (κ2) is 9.58. The van der Waals surface area contributed by atoms with E-state index in [-0.39, 0.29) is 12.6 Å². The number of anilines is 1. The van der Waals surface area contributed by atoms with Crippen LogP contribution in [0.2, 0.25) is 5.02 Å². The molecular formula is C23H29ClN6O3S. The van der Waals surface area contributed by atoms with Gasteiger partial charge >= 0.3 is 0 Å². The fraction of sp³-hybridized carbons (Fsp3) is 0.565. The molecule has 34 heavy (non-hydrogen) atoms. The molecule has 0 radical (unpaired) electrons. The van der Waals surface area contributed by atoms with E-state index in [0.29, 0.717) is 34.5 Å². The molecule has 3 aromatic rings. The molecule has 2 heterocycles. The van der Waals surface area contributed by atoms with Crippen LogP contribution in [0.4, 0.5) is 5.82 Å². The highest BCUT2D eigenvalue weighted by molar-refractivity contribution is 7.99. The Balaban J connectivity index is 1.45. The first-order valence-electron chi connectivity index (χ1n) is 11.7. The van der Waals surface area contributed by atoms with Gasteiger partial charge in [0.15, 0.2) is 22.1 Å². The number of fused-ring (bicyclic) bond motifs is 1. The van der Waals surface area contributed by atoms with Crippen LogP contribution >= 0.6 is 23.4 Å². The van der Waals surface area contributed by atoms with E-state index in [2.05, 4.69) is 28.6 Å². The van der Waals surface area contributed by atoms with Crippen LogP contribution in [-0.4, -0.2) is 70.9 Å². The summed E-state index contributed by atoms with van der Waals surface area (Å²) < 4.78 is 1.58. The second-order valence-corrected chi connectivity index (χ2v) is 10.7. The Bertz CT molecular complexity index is 1190. The van der Waals surface area contributed by atoms with E-state index in [0.717, 1.165) is 29.2 Å². The van der Waals surface area contributed by atoms with Crippen molar-refractivity contribution in [3.8, 4) is 0 Å². The number of nitrogens with zero attached hydrogens (tertiary/aromatic N) is 5. The molecule has 2 aliphatic carbocycles. The van der Waals surface area contributed by atoms with Crippen molar-refractivity contribution in [2.24, 2.45) is 5.92 Å². The molecule has 11 heteroatoms. The summed E-state index contributed by atoms with van der Waals surface area (Å²) in [5.74, 6) is 1.41. The van der Waals surface area contributed by atoms with Crippen molar-refractivity contribution in [1.82, 2.24) is 25.0 Å². The summed E-state index contributed by atoms with van der Waals surface area (Å²) in [6.07, 6.45) is 0.259. The smallest absolute Gasteiger partial charge is 0.191 e. The maximum absolute atomic E-state index is 10.6. The molecule has 2 saturated carbocycles. The second-order valence-electron chi connectivity index (χ2n) is 9.24. The van der Waals surface area contributed by atoms with Gasteiger partial charge in [-0.05, 0) is 43.4 Å². The van der Waals surface area contributed by atoms with E-state index in [4.69, 9.17) is 21.6 Å². The molecule has 0 bridgehead atoms. The molecule has 2 fully saturated rings. The molecule has 0 amide bonds. The molecule has 2 aliphatic rings. The van der Waals surface area contributed by atoms with Crippen molar-refractivity contribution in [3.05, 3.63) is 34.3 Å². The van der Waals surface area contributed by atoms with Gasteiger partial charge in [0, 0.05) is 35.3 Å². The number of thioether (sulfide) groups is 1. The van der Waals surface area contributed by atoms with Crippen molar-refractivity contribution < 1.29 is 15.3 Å². The number of hydrogen-bond acceptors (Lipinski definition) is 9. The summed E-state index contributed by atoms with van der Waals surface area (Å²) in [6, 6.07) is 5.87. The maximum atomic E-state index is 10.6. The average Bonchev–Trinajstić information content (AvgIpc) is 3.37. The zero-order valence-electron chi connectivity index (χ0n) is 19.1. The standard InChI is InChI=1S/C23H29ClN6O3S/c1-3-6-34-23-26-21(25-16-9-14(16)12-5-4-11(2)15(24)7-12)18-22(27-23)30(29-28-18)17-8-13(10-31)19(32)20(17)33/h4-5,7,13-14,16-17,19-20,31-33H,3,6,8-10H2,1-2H3,(H,25,26,27). The molecule has 5 rings (SSSR count). The molecule has 0 aliphatic heterocycles. The van der Waals surface area contributed by atoms with E-state index in [1.165, 1.54) is 5.56 Å². The quantitative estimate of drug-likeness (QED) is 0.270. The van der Waals surface area contributed by atoms with Crippen LogP contribution < -0.4 is 5.32 Å². The third-order valence-electron chi connectivity index (χ3n) is 6.80. The monoisotopic (exact) mass is 504 g/mol. The zero-order valence-corrected chi connectivity index (χ0v) is 20.7. The SMILES string of the molecule is CCCSc1nc(NC2CC2c2ccc(C)c(Cl)c2)c2nnn(C3CC(CO)C(O)C3O)c2n1. The minimum atomic E-state index is -1.06. The molecule has 2 aromatic heterocycles. The summed E-state index contributed by atoms with van der Waals surface area (Å²) in [5.41, 5.74) is 3.30. The van der Waals surface area contributed by atoms with E-state index in [1.807, 2.05) is 19.1 Å². The molecule has 0 spiro atoms. The average molecular weight is 505 g/mol. The van der Waals surface area contributed by atoms with Crippen LogP contribution in [0.15, 0.2) is 23.4 Å². The number of halogens is 1. The Kier molecular flexibility index (Phi) is 6.69. The van der Waals surface area contributed by atoms with Crippen LogP contribution in [0.3, 0.4) is 0 Å². The lowest BCUT2D eigenvalue weighted by molar-refractivity contribution is -0.00512. The van der Waals surface area contributed by atoms with Crippen LogP contribution in [0.5, 0.6) is 0 Å². The maximum Gasteiger partial charge on any atom is 0.191 e. The molecule has 4 N–H and O–H groups in total. The van der Waals surface area contributed by atoms with Gasteiger partial charge in [-0.1, -0.05) is 47.6 Å². The Morgan fingerprint density at radius 2 is 2.03 bits per heavy atom. The number of rotatable bonds is 8. The Morgan fingerprint density at radius 3 is 2.74 bits per heavy atom.